The first kappa shape index (κ1) is 56.3. The number of hydrogen-bond donors (Lipinski definition) is 2. The summed E-state index contributed by atoms with van der Waals surface area (Å²) in [4.78, 5) is 22.5. The maximum atomic E-state index is 12.3. The van der Waals surface area contributed by atoms with Crippen molar-refractivity contribution in [2.24, 2.45) is 11.8 Å². The third kappa shape index (κ3) is 38.0. The number of carboxylic acids is 1. The highest BCUT2D eigenvalue weighted by molar-refractivity contribution is 5.89. The summed E-state index contributed by atoms with van der Waals surface area (Å²) in [7, 11) is 0. The summed E-state index contributed by atoms with van der Waals surface area (Å²) in [5.74, 6) is 0.0512. The Labute approximate surface area is 365 Å². The molecule has 0 saturated heterocycles. The van der Waals surface area contributed by atoms with E-state index < -0.39 is 5.97 Å². The fraction of sp³-hybridized carbons (Fsp3) is 0.741. The third-order valence-electron chi connectivity index (χ3n) is 11.6. The van der Waals surface area contributed by atoms with Gasteiger partial charge in [-0.2, -0.15) is 0 Å². The molecule has 5 heteroatoms. The Kier molecular flexibility index (Phi) is 42.9. The number of aliphatic hydroxyl groups excluding tert-OH is 1. The average Bonchev–Trinajstić information content (AvgIpc) is 3.26. The molecule has 340 valence electrons. The van der Waals surface area contributed by atoms with Gasteiger partial charge in [0.25, 0.3) is 0 Å². The number of carbonyl (C=O) groups is 2. The number of benzene rings is 2. The van der Waals surface area contributed by atoms with E-state index >= 15 is 0 Å². The Balaban J connectivity index is 0.000000970. The first-order chi connectivity index (χ1) is 28.9. The molecular weight excluding hydrogens is 729 g/mol. The predicted molar refractivity (Wildman–Crippen MR) is 255 cm³/mol. The van der Waals surface area contributed by atoms with Gasteiger partial charge in [0.1, 0.15) is 0 Å². The molecule has 0 bridgehead atoms. The van der Waals surface area contributed by atoms with Gasteiger partial charge in [-0.25, -0.2) is 9.59 Å². The lowest BCUT2D eigenvalue weighted by molar-refractivity contribution is 0.0421. The second-order valence-electron chi connectivity index (χ2n) is 17.2. The summed E-state index contributed by atoms with van der Waals surface area (Å²) in [5, 5.41) is 17.9. The molecule has 0 amide bonds. The van der Waals surface area contributed by atoms with Crippen molar-refractivity contribution in [3.05, 3.63) is 71.8 Å². The topological polar surface area (TPSA) is 83.8 Å². The molecule has 0 spiro atoms. The molecule has 2 aromatic carbocycles. The van der Waals surface area contributed by atoms with Crippen LogP contribution in [0.5, 0.6) is 0 Å². The minimum atomic E-state index is -0.879. The maximum Gasteiger partial charge on any atom is 0.338 e. The number of carbonyl (C=O) groups excluding carboxylic acids is 1. The SMILES string of the molecule is CCCCCCCCCCC(CCCCCCCC)COC(=O)c1ccccc1.CCCCCCCCCCC(CO)CCCCCCCC.O=C(O)c1ccccc1. The molecule has 2 rings (SSSR count). The molecule has 0 saturated carbocycles. The first-order valence-corrected chi connectivity index (χ1v) is 25.0. The molecule has 5 nitrogen and oxygen atoms in total. The molecule has 0 fully saturated rings. The second kappa shape index (κ2) is 44.9. The van der Waals surface area contributed by atoms with Gasteiger partial charge in [-0.1, -0.05) is 244 Å². The van der Waals surface area contributed by atoms with Gasteiger partial charge < -0.3 is 14.9 Å². The standard InChI is InChI=1S/C27H46O2.C20H42O.C7H6O2/c1-3-5-7-9-11-12-14-17-21-25(20-16-13-10-8-6-4-2)24-29-27(28)26-22-18-15-19-23-26;1-3-5-7-9-11-12-14-16-18-20(19-21)17-15-13-10-8-6-4-2;8-7(9)6-4-2-1-3-5-6/h15,18-19,22-23,25H,3-14,16-17,20-21,24H2,1-2H3;20-21H,3-19H2,1-2H3;1-5H,(H,8,9). The van der Waals surface area contributed by atoms with E-state index in [1.165, 1.54) is 205 Å². The number of unbranched alkanes of at least 4 members (excludes halogenated alkanes) is 24. The van der Waals surface area contributed by atoms with Gasteiger partial charge in [0, 0.05) is 6.61 Å². The predicted octanol–water partition coefficient (Wildman–Crippen LogP) is 17.0. The zero-order valence-electron chi connectivity index (χ0n) is 39.1. The van der Waals surface area contributed by atoms with Crippen LogP contribution < -0.4 is 0 Å². The number of hydrogen-bond acceptors (Lipinski definition) is 4. The Hall–Kier alpha value is -2.66. The van der Waals surface area contributed by atoms with Crippen molar-refractivity contribution in [3.8, 4) is 0 Å². The summed E-state index contributed by atoms with van der Waals surface area (Å²) in [6.45, 7) is 10.1. The van der Waals surface area contributed by atoms with Crippen LogP contribution in [0.25, 0.3) is 0 Å². The fourth-order valence-corrected chi connectivity index (χ4v) is 7.63. The molecule has 2 unspecified atom stereocenters. The molecular formula is C54H94O5. The number of rotatable bonds is 37. The minimum Gasteiger partial charge on any atom is -0.478 e. The number of esters is 1. The van der Waals surface area contributed by atoms with E-state index in [0.717, 1.165) is 0 Å². The summed E-state index contributed by atoms with van der Waals surface area (Å²) < 4.78 is 5.67. The maximum absolute atomic E-state index is 12.3. The van der Waals surface area contributed by atoms with Gasteiger partial charge >= 0.3 is 11.9 Å². The molecule has 0 aliphatic carbocycles. The zero-order valence-corrected chi connectivity index (χ0v) is 39.1. The van der Waals surface area contributed by atoms with Crippen molar-refractivity contribution >= 4 is 11.9 Å². The first-order valence-electron chi connectivity index (χ1n) is 25.0. The third-order valence-corrected chi connectivity index (χ3v) is 11.6. The Morgan fingerprint density at radius 2 is 0.712 bits per heavy atom. The van der Waals surface area contributed by atoms with Crippen LogP contribution in [0.4, 0.5) is 0 Å². The lowest BCUT2D eigenvalue weighted by atomic mass is 9.94. The molecule has 0 heterocycles. The van der Waals surface area contributed by atoms with Crippen LogP contribution in [0.2, 0.25) is 0 Å². The van der Waals surface area contributed by atoms with E-state index in [1.54, 1.807) is 30.3 Å². The average molecular weight is 823 g/mol. The monoisotopic (exact) mass is 823 g/mol. The van der Waals surface area contributed by atoms with Crippen molar-refractivity contribution in [2.75, 3.05) is 13.2 Å². The molecule has 0 aromatic heterocycles. The number of aliphatic hydroxyl groups is 1. The number of aromatic carboxylic acids is 1. The molecule has 2 N–H and O–H groups in total. The highest BCUT2D eigenvalue weighted by Gasteiger charge is 2.13. The zero-order chi connectivity index (χ0) is 43.3. The van der Waals surface area contributed by atoms with Gasteiger partial charge in [0.05, 0.1) is 17.7 Å². The van der Waals surface area contributed by atoms with Gasteiger partial charge in [0.2, 0.25) is 0 Å². The van der Waals surface area contributed by atoms with Crippen LogP contribution in [-0.2, 0) is 4.74 Å². The van der Waals surface area contributed by atoms with Gasteiger partial charge in [0.15, 0.2) is 0 Å². The molecule has 0 aliphatic rings. The van der Waals surface area contributed by atoms with E-state index in [2.05, 4.69) is 27.7 Å². The summed E-state index contributed by atoms with van der Waals surface area (Å²) in [5.41, 5.74) is 0.996. The van der Waals surface area contributed by atoms with Crippen molar-refractivity contribution in [1.82, 2.24) is 0 Å². The van der Waals surface area contributed by atoms with E-state index in [9.17, 15) is 14.7 Å². The Morgan fingerprint density at radius 1 is 0.424 bits per heavy atom. The van der Waals surface area contributed by atoms with Crippen LogP contribution in [0.1, 0.15) is 254 Å². The van der Waals surface area contributed by atoms with Gasteiger partial charge in [-0.3, -0.25) is 0 Å². The van der Waals surface area contributed by atoms with E-state index in [1.807, 2.05) is 30.3 Å². The van der Waals surface area contributed by atoms with E-state index in [-0.39, 0.29) is 5.97 Å². The molecule has 59 heavy (non-hydrogen) atoms. The van der Waals surface area contributed by atoms with Crippen LogP contribution in [0, 0.1) is 11.8 Å². The highest BCUT2D eigenvalue weighted by Crippen LogP contribution is 2.21. The van der Waals surface area contributed by atoms with Crippen molar-refractivity contribution in [1.29, 1.82) is 0 Å². The number of ether oxygens (including phenoxy) is 1. The van der Waals surface area contributed by atoms with Crippen LogP contribution >= 0.6 is 0 Å². The van der Waals surface area contributed by atoms with Crippen molar-refractivity contribution < 1.29 is 24.5 Å². The molecule has 0 radical (unpaired) electrons. The lowest BCUT2D eigenvalue weighted by Crippen LogP contribution is -2.15. The molecule has 2 aromatic rings. The van der Waals surface area contributed by atoms with Gasteiger partial charge in [-0.05, 0) is 61.8 Å². The Bertz CT molecular complexity index is 1140. The van der Waals surface area contributed by atoms with Gasteiger partial charge in [-0.15, -0.1) is 0 Å². The second-order valence-corrected chi connectivity index (χ2v) is 17.2. The van der Waals surface area contributed by atoms with Crippen LogP contribution in [-0.4, -0.2) is 35.4 Å². The highest BCUT2D eigenvalue weighted by atomic mass is 16.5. The lowest BCUT2D eigenvalue weighted by Gasteiger charge is -2.17. The number of carboxylic acid groups (broad SMARTS) is 1. The van der Waals surface area contributed by atoms with E-state index in [0.29, 0.717) is 36.2 Å². The molecule has 2 atom stereocenters. The van der Waals surface area contributed by atoms with Crippen molar-refractivity contribution in [3.63, 3.8) is 0 Å². The fourth-order valence-electron chi connectivity index (χ4n) is 7.63. The smallest absolute Gasteiger partial charge is 0.338 e. The largest absolute Gasteiger partial charge is 0.478 e. The van der Waals surface area contributed by atoms with Crippen molar-refractivity contribution in [2.45, 2.75) is 233 Å². The summed E-state index contributed by atoms with van der Waals surface area (Å²) in [6.07, 6.45) is 43.0. The quantitative estimate of drug-likeness (QED) is 0.0524. The normalized spacial score (nSPS) is 11.8. The molecule has 0 aliphatic heterocycles. The Morgan fingerprint density at radius 3 is 1.00 bits per heavy atom. The van der Waals surface area contributed by atoms with Crippen LogP contribution in [0.15, 0.2) is 60.7 Å². The minimum absolute atomic E-state index is 0.172. The van der Waals surface area contributed by atoms with E-state index in [4.69, 9.17) is 9.84 Å². The van der Waals surface area contributed by atoms with Crippen LogP contribution in [0.3, 0.4) is 0 Å². The summed E-state index contributed by atoms with van der Waals surface area (Å²) in [6, 6.07) is 17.7. The summed E-state index contributed by atoms with van der Waals surface area (Å²) >= 11 is 0.